The zero-order chi connectivity index (χ0) is 28.9. The SMILES string of the molecule is CN1CCc2nc(C(=O)N3CCN(S(=O)(=O)c4[nH]c5ccc(Cl)cc5c4O)CC3CC(=O)N3CCOCC3)oc2C1. The van der Waals surface area contributed by atoms with Gasteiger partial charge in [-0.05, 0) is 25.2 Å². The normalized spacial score (nSPS) is 20.9. The summed E-state index contributed by atoms with van der Waals surface area (Å²) in [5, 5.41) is 11.1. The summed E-state index contributed by atoms with van der Waals surface area (Å²) in [6, 6.07) is 3.88. The maximum absolute atomic E-state index is 13.8. The van der Waals surface area contributed by atoms with Crippen molar-refractivity contribution in [2.45, 2.75) is 30.5 Å². The van der Waals surface area contributed by atoms with Gasteiger partial charge in [-0.15, -0.1) is 0 Å². The number of aromatic hydroxyl groups is 1. The molecule has 2 saturated heterocycles. The van der Waals surface area contributed by atoms with E-state index < -0.39 is 27.7 Å². The first kappa shape index (κ1) is 28.0. The number of aromatic nitrogens is 2. The van der Waals surface area contributed by atoms with Gasteiger partial charge < -0.3 is 29.0 Å². The van der Waals surface area contributed by atoms with E-state index in [-0.39, 0.29) is 48.3 Å². The molecule has 3 aliphatic rings. The number of likely N-dealkylation sites (N-methyl/N-ethyl adjacent to an activating group) is 1. The van der Waals surface area contributed by atoms with Gasteiger partial charge in [0.15, 0.2) is 10.8 Å². The van der Waals surface area contributed by atoms with E-state index in [9.17, 15) is 23.1 Å². The Morgan fingerprint density at radius 3 is 2.73 bits per heavy atom. The molecule has 220 valence electrons. The van der Waals surface area contributed by atoms with Crippen LogP contribution in [-0.2, 0) is 32.5 Å². The molecule has 1 atom stereocenters. The third-order valence-corrected chi connectivity index (χ3v) is 9.94. The molecule has 0 spiro atoms. The number of rotatable bonds is 5. The number of piperazine rings is 1. The number of nitrogens with one attached hydrogen (secondary N) is 1. The number of fused-ring (bicyclic) bond motifs is 2. The van der Waals surface area contributed by atoms with Crippen LogP contribution in [0.1, 0.15) is 28.6 Å². The highest BCUT2D eigenvalue weighted by Crippen LogP contribution is 2.36. The van der Waals surface area contributed by atoms with Gasteiger partial charge in [0, 0.05) is 62.5 Å². The zero-order valence-electron chi connectivity index (χ0n) is 22.5. The number of amides is 2. The van der Waals surface area contributed by atoms with E-state index in [1.807, 2.05) is 7.05 Å². The Bertz CT molecular complexity index is 1600. The molecular formula is C26H31ClN6O7S. The fraction of sp³-hybridized carbons (Fsp3) is 0.500. The predicted molar refractivity (Wildman–Crippen MR) is 147 cm³/mol. The average Bonchev–Trinajstić information content (AvgIpc) is 3.54. The highest BCUT2D eigenvalue weighted by molar-refractivity contribution is 7.89. The van der Waals surface area contributed by atoms with Crippen LogP contribution in [-0.4, -0.2) is 120 Å². The number of benzene rings is 1. The van der Waals surface area contributed by atoms with Crippen LogP contribution in [0.2, 0.25) is 5.02 Å². The topological polar surface area (TPSA) is 153 Å². The maximum atomic E-state index is 13.8. The summed E-state index contributed by atoms with van der Waals surface area (Å²) in [6.07, 6.45) is 0.571. The smallest absolute Gasteiger partial charge is 0.310 e. The minimum Gasteiger partial charge on any atom is -0.504 e. The molecular weight excluding hydrogens is 576 g/mol. The molecule has 2 N–H and O–H groups in total. The molecule has 0 saturated carbocycles. The number of carbonyl (C=O) groups excluding carboxylic acids is 2. The number of sulfonamides is 1. The van der Waals surface area contributed by atoms with E-state index >= 15 is 0 Å². The second kappa shape index (κ2) is 10.9. The van der Waals surface area contributed by atoms with Gasteiger partial charge >= 0.3 is 5.91 Å². The monoisotopic (exact) mass is 606 g/mol. The third kappa shape index (κ3) is 5.30. The molecule has 6 rings (SSSR count). The van der Waals surface area contributed by atoms with Gasteiger partial charge in [0.2, 0.25) is 5.91 Å². The first-order valence-electron chi connectivity index (χ1n) is 13.5. The van der Waals surface area contributed by atoms with E-state index in [0.717, 1.165) is 12.2 Å². The Hall–Kier alpha value is -3.17. The van der Waals surface area contributed by atoms with Crippen molar-refractivity contribution in [1.82, 2.24) is 29.0 Å². The molecule has 3 aromatic rings. The summed E-state index contributed by atoms with van der Waals surface area (Å²) in [5.41, 5.74) is 1.15. The van der Waals surface area contributed by atoms with E-state index in [0.29, 0.717) is 55.6 Å². The van der Waals surface area contributed by atoms with Gasteiger partial charge in [-0.2, -0.15) is 4.31 Å². The van der Waals surface area contributed by atoms with Crippen LogP contribution in [0.3, 0.4) is 0 Å². The number of nitrogens with zero attached hydrogens (tertiary/aromatic N) is 5. The molecule has 3 aliphatic heterocycles. The average molecular weight is 607 g/mol. The van der Waals surface area contributed by atoms with Gasteiger partial charge in [0.05, 0.1) is 37.0 Å². The van der Waals surface area contributed by atoms with E-state index in [1.165, 1.54) is 15.3 Å². The lowest BCUT2D eigenvalue weighted by Crippen LogP contribution is -2.58. The number of oxazole rings is 1. The summed E-state index contributed by atoms with van der Waals surface area (Å²) in [5.74, 6) is -0.541. The van der Waals surface area contributed by atoms with E-state index in [1.54, 1.807) is 17.0 Å². The maximum Gasteiger partial charge on any atom is 0.310 e. The number of hydrogen-bond donors (Lipinski definition) is 2. The zero-order valence-corrected chi connectivity index (χ0v) is 24.1. The number of morpholine rings is 1. The number of carbonyl (C=O) groups is 2. The van der Waals surface area contributed by atoms with Crippen LogP contribution in [0, 0.1) is 0 Å². The number of halogens is 1. The van der Waals surface area contributed by atoms with Gasteiger partial charge in [-0.25, -0.2) is 13.4 Å². The van der Waals surface area contributed by atoms with Crippen LogP contribution >= 0.6 is 11.6 Å². The van der Waals surface area contributed by atoms with Gasteiger partial charge in [-0.3, -0.25) is 14.5 Å². The molecule has 41 heavy (non-hydrogen) atoms. The lowest BCUT2D eigenvalue weighted by molar-refractivity contribution is -0.136. The fourth-order valence-corrected chi connectivity index (χ4v) is 7.32. The minimum absolute atomic E-state index is 0.0128. The van der Waals surface area contributed by atoms with Crippen molar-refractivity contribution < 1.29 is 32.3 Å². The summed E-state index contributed by atoms with van der Waals surface area (Å²) < 4.78 is 39.9. The van der Waals surface area contributed by atoms with Crippen molar-refractivity contribution in [3.05, 3.63) is 40.6 Å². The van der Waals surface area contributed by atoms with E-state index in [4.69, 9.17) is 20.8 Å². The number of H-pyrrole nitrogens is 1. The van der Waals surface area contributed by atoms with E-state index in [2.05, 4.69) is 14.9 Å². The molecule has 15 heteroatoms. The van der Waals surface area contributed by atoms with Gasteiger partial charge in [-0.1, -0.05) is 11.6 Å². The summed E-state index contributed by atoms with van der Waals surface area (Å²) >= 11 is 6.05. The Morgan fingerprint density at radius 2 is 1.95 bits per heavy atom. The standard InChI is InChI=1S/C26H31ClN6O7S/c1-30-5-4-20-21(15-30)40-24(28-20)26(36)33-7-6-32(14-17(33)13-22(34)31-8-10-39-11-9-31)41(37,38)25-23(35)18-12-16(27)2-3-19(18)29-25/h2-3,12,17,29,35H,4-11,13-15H2,1H3. The van der Waals surface area contributed by atoms with Gasteiger partial charge in [0.1, 0.15) is 5.76 Å². The second-order valence-corrected chi connectivity index (χ2v) is 12.9. The summed E-state index contributed by atoms with van der Waals surface area (Å²) in [6.45, 7) is 2.84. The highest BCUT2D eigenvalue weighted by atomic mass is 35.5. The second-order valence-electron chi connectivity index (χ2n) is 10.6. The van der Waals surface area contributed by atoms with Crippen LogP contribution in [0.5, 0.6) is 5.75 Å². The lowest BCUT2D eigenvalue weighted by Gasteiger charge is -2.40. The molecule has 2 amide bonds. The molecule has 2 fully saturated rings. The Balaban J connectivity index is 1.28. The third-order valence-electron chi connectivity index (χ3n) is 7.88. The molecule has 1 unspecified atom stereocenters. The Labute approximate surface area is 241 Å². The number of hydrogen-bond acceptors (Lipinski definition) is 9. The molecule has 0 bridgehead atoms. The molecule has 5 heterocycles. The van der Waals surface area contributed by atoms with Crippen LogP contribution in [0.4, 0.5) is 0 Å². The highest BCUT2D eigenvalue weighted by Gasteiger charge is 2.41. The molecule has 0 radical (unpaired) electrons. The van der Waals surface area contributed by atoms with Crippen LogP contribution in [0.25, 0.3) is 10.9 Å². The Kier molecular flexibility index (Phi) is 7.44. The van der Waals surface area contributed by atoms with Crippen molar-refractivity contribution in [2.24, 2.45) is 0 Å². The van der Waals surface area contributed by atoms with Crippen molar-refractivity contribution >= 4 is 44.3 Å². The molecule has 13 nitrogen and oxygen atoms in total. The molecule has 1 aromatic carbocycles. The Morgan fingerprint density at radius 1 is 1.17 bits per heavy atom. The van der Waals surface area contributed by atoms with Crippen molar-refractivity contribution in [2.75, 3.05) is 59.5 Å². The minimum atomic E-state index is -4.23. The summed E-state index contributed by atoms with van der Waals surface area (Å²) in [4.78, 5) is 39.4. The summed E-state index contributed by atoms with van der Waals surface area (Å²) in [7, 11) is -2.27. The number of ether oxygens (including phenoxy) is 1. The fourth-order valence-electron chi connectivity index (χ4n) is 5.61. The molecule has 0 aliphatic carbocycles. The quantitative estimate of drug-likeness (QED) is 0.437. The van der Waals surface area contributed by atoms with Crippen molar-refractivity contribution in [3.63, 3.8) is 0 Å². The molecule has 2 aromatic heterocycles. The number of aromatic amines is 1. The van der Waals surface area contributed by atoms with Crippen LogP contribution in [0.15, 0.2) is 27.6 Å². The first-order valence-corrected chi connectivity index (χ1v) is 15.3. The largest absolute Gasteiger partial charge is 0.504 e. The predicted octanol–water partition coefficient (Wildman–Crippen LogP) is 1.27. The lowest BCUT2D eigenvalue weighted by atomic mass is 10.1. The van der Waals surface area contributed by atoms with Gasteiger partial charge in [0.25, 0.3) is 15.9 Å². The van der Waals surface area contributed by atoms with Crippen LogP contribution < -0.4 is 0 Å². The van der Waals surface area contributed by atoms with Crippen molar-refractivity contribution in [1.29, 1.82) is 0 Å². The first-order chi connectivity index (χ1) is 19.6. The van der Waals surface area contributed by atoms with Crippen molar-refractivity contribution in [3.8, 4) is 5.75 Å².